The van der Waals surface area contributed by atoms with Crippen molar-refractivity contribution < 1.29 is 0 Å². The summed E-state index contributed by atoms with van der Waals surface area (Å²) in [7, 11) is 0. The molecule has 5 nitrogen and oxygen atoms in total. The van der Waals surface area contributed by atoms with Crippen LogP contribution in [0.1, 0.15) is 13.3 Å². The molecule has 2 aromatic rings. The maximum Gasteiger partial charge on any atom is 0.202 e. The highest BCUT2D eigenvalue weighted by Crippen LogP contribution is 2.14. The third-order valence-electron chi connectivity index (χ3n) is 2.02. The largest absolute Gasteiger partial charge is 0.368 e. The minimum absolute atomic E-state index is 0.628. The van der Waals surface area contributed by atoms with Gasteiger partial charge in [0.25, 0.3) is 0 Å². The normalized spacial score (nSPS) is 10.5. The molecule has 0 unspecified atom stereocenters. The molecule has 77 valence electrons. The lowest BCUT2D eigenvalue weighted by Gasteiger charge is -2.04. The molecule has 1 radical (unpaired) electrons. The number of nitrogens with zero attached hydrogens (tertiary/aromatic N) is 3. The molecule has 2 rings (SSSR count). The van der Waals surface area contributed by atoms with Crippen LogP contribution in [0.2, 0.25) is 0 Å². The van der Waals surface area contributed by atoms with Crippen LogP contribution >= 0.6 is 0 Å². The molecular weight excluding hydrogens is 190 g/mol. The highest BCUT2D eigenvalue weighted by atomic mass is 15.1. The van der Waals surface area contributed by atoms with E-state index in [2.05, 4.69) is 38.2 Å². The van der Waals surface area contributed by atoms with Gasteiger partial charge >= 0.3 is 0 Å². The summed E-state index contributed by atoms with van der Waals surface area (Å²) < 4.78 is 0. The average Bonchev–Trinajstić information content (AvgIpc) is 2.65. The van der Waals surface area contributed by atoms with Crippen LogP contribution in [0.5, 0.6) is 0 Å². The SMILES string of the molecule is C=C(C)CCNc1n[c]nc2nc[nH]c12. The van der Waals surface area contributed by atoms with Crippen molar-refractivity contribution in [1.82, 2.24) is 19.9 Å². The summed E-state index contributed by atoms with van der Waals surface area (Å²) in [6.45, 7) is 6.64. The van der Waals surface area contributed by atoms with E-state index in [0.717, 1.165) is 29.9 Å². The highest BCUT2D eigenvalue weighted by molar-refractivity contribution is 5.81. The summed E-state index contributed by atoms with van der Waals surface area (Å²) in [5.74, 6) is 0.735. The molecular formula is C10H12N5. The van der Waals surface area contributed by atoms with Gasteiger partial charge in [-0.05, 0) is 13.3 Å². The van der Waals surface area contributed by atoms with Crippen molar-refractivity contribution in [3.8, 4) is 0 Å². The third-order valence-corrected chi connectivity index (χ3v) is 2.02. The number of nitrogens with one attached hydrogen (secondary N) is 2. The van der Waals surface area contributed by atoms with E-state index in [1.807, 2.05) is 6.92 Å². The molecule has 2 N–H and O–H groups in total. The van der Waals surface area contributed by atoms with E-state index < -0.39 is 0 Å². The zero-order valence-electron chi connectivity index (χ0n) is 8.54. The summed E-state index contributed by atoms with van der Waals surface area (Å²) >= 11 is 0. The van der Waals surface area contributed by atoms with E-state index in [1.165, 1.54) is 0 Å². The summed E-state index contributed by atoms with van der Waals surface area (Å²) in [6.07, 6.45) is 5.07. The van der Waals surface area contributed by atoms with Crippen LogP contribution in [0.15, 0.2) is 18.5 Å². The van der Waals surface area contributed by atoms with Crippen molar-refractivity contribution in [2.24, 2.45) is 0 Å². The molecule has 0 saturated carbocycles. The highest BCUT2D eigenvalue weighted by Gasteiger charge is 2.04. The quantitative estimate of drug-likeness (QED) is 0.738. The first-order chi connectivity index (χ1) is 7.27. The van der Waals surface area contributed by atoms with E-state index >= 15 is 0 Å². The van der Waals surface area contributed by atoms with Crippen LogP contribution < -0.4 is 5.32 Å². The van der Waals surface area contributed by atoms with E-state index in [4.69, 9.17) is 0 Å². The van der Waals surface area contributed by atoms with Crippen LogP contribution in [0.3, 0.4) is 0 Å². The van der Waals surface area contributed by atoms with Gasteiger partial charge in [-0.1, -0.05) is 5.57 Å². The molecule has 0 spiro atoms. The van der Waals surface area contributed by atoms with Crippen molar-refractivity contribution in [3.63, 3.8) is 0 Å². The fourth-order valence-corrected chi connectivity index (χ4v) is 1.25. The Morgan fingerprint density at radius 1 is 1.60 bits per heavy atom. The average molecular weight is 202 g/mol. The minimum atomic E-state index is 0.628. The molecule has 0 aliphatic heterocycles. The van der Waals surface area contributed by atoms with Crippen molar-refractivity contribution >= 4 is 17.0 Å². The van der Waals surface area contributed by atoms with Gasteiger partial charge < -0.3 is 10.3 Å². The Labute approximate surface area is 87.7 Å². The molecule has 0 aromatic carbocycles. The monoisotopic (exact) mass is 202 g/mol. The smallest absolute Gasteiger partial charge is 0.202 e. The lowest BCUT2D eigenvalue weighted by molar-refractivity contribution is 0.988. The Morgan fingerprint density at radius 2 is 2.47 bits per heavy atom. The Balaban J connectivity index is 2.13. The Bertz CT molecular complexity index is 473. The summed E-state index contributed by atoms with van der Waals surface area (Å²) in [4.78, 5) is 14.9. The number of hydrogen-bond acceptors (Lipinski definition) is 4. The first kappa shape index (κ1) is 9.64. The zero-order chi connectivity index (χ0) is 10.7. The molecule has 0 saturated heterocycles. The van der Waals surface area contributed by atoms with Crippen LogP contribution in [0, 0.1) is 6.33 Å². The van der Waals surface area contributed by atoms with E-state index in [9.17, 15) is 0 Å². The van der Waals surface area contributed by atoms with Gasteiger partial charge in [0, 0.05) is 6.54 Å². The molecule has 2 heterocycles. The molecule has 0 aliphatic carbocycles. The van der Waals surface area contributed by atoms with Gasteiger partial charge in [-0.2, -0.15) is 0 Å². The Kier molecular flexibility index (Phi) is 2.62. The number of rotatable bonds is 4. The molecule has 15 heavy (non-hydrogen) atoms. The number of aromatic nitrogens is 4. The van der Waals surface area contributed by atoms with Gasteiger partial charge in [0.05, 0.1) is 6.33 Å². The molecule has 5 heteroatoms. The zero-order valence-corrected chi connectivity index (χ0v) is 8.54. The second-order valence-electron chi connectivity index (χ2n) is 3.41. The first-order valence-corrected chi connectivity index (χ1v) is 4.73. The first-order valence-electron chi connectivity index (χ1n) is 4.73. The van der Waals surface area contributed by atoms with Crippen molar-refractivity contribution in [3.05, 3.63) is 24.8 Å². The van der Waals surface area contributed by atoms with Gasteiger partial charge in [0.1, 0.15) is 5.52 Å². The van der Waals surface area contributed by atoms with Crippen LogP contribution in [0.4, 0.5) is 5.82 Å². The Hall–Kier alpha value is -1.91. The second kappa shape index (κ2) is 4.08. The third kappa shape index (κ3) is 2.12. The van der Waals surface area contributed by atoms with Crippen LogP contribution in [-0.4, -0.2) is 26.5 Å². The molecule has 0 atom stereocenters. The molecule has 0 bridgehead atoms. The number of anilines is 1. The topological polar surface area (TPSA) is 66.5 Å². The number of fused-ring (bicyclic) bond motifs is 1. The van der Waals surface area contributed by atoms with Gasteiger partial charge in [-0.15, -0.1) is 6.58 Å². The van der Waals surface area contributed by atoms with Crippen molar-refractivity contribution in [2.75, 3.05) is 11.9 Å². The lowest BCUT2D eigenvalue weighted by Crippen LogP contribution is -2.04. The minimum Gasteiger partial charge on any atom is -0.368 e. The Morgan fingerprint density at radius 3 is 3.27 bits per heavy atom. The molecule has 0 aliphatic rings. The fourth-order valence-electron chi connectivity index (χ4n) is 1.25. The van der Waals surface area contributed by atoms with Crippen molar-refractivity contribution in [1.29, 1.82) is 0 Å². The van der Waals surface area contributed by atoms with E-state index in [1.54, 1.807) is 6.33 Å². The molecule has 0 fully saturated rings. The maximum absolute atomic E-state index is 4.03. The van der Waals surface area contributed by atoms with Gasteiger partial charge in [-0.3, -0.25) is 0 Å². The summed E-state index contributed by atoms with van der Waals surface area (Å²) in [5.41, 5.74) is 2.58. The summed E-state index contributed by atoms with van der Waals surface area (Å²) in [5, 5.41) is 3.19. The second-order valence-corrected chi connectivity index (χ2v) is 3.41. The van der Waals surface area contributed by atoms with Crippen molar-refractivity contribution in [2.45, 2.75) is 13.3 Å². The molecule has 0 amide bonds. The predicted octanol–water partition coefficient (Wildman–Crippen LogP) is 1.53. The summed E-state index contributed by atoms with van der Waals surface area (Å²) in [6, 6.07) is 0. The van der Waals surface area contributed by atoms with E-state index in [0.29, 0.717) is 5.65 Å². The fraction of sp³-hybridized carbons (Fsp3) is 0.300. The predicted molar refractivity (Wildman–Crippen MR) is 58.4 cm³/mol. The number of H-pyrrole nitrogens is 1. The van der Waals surface area contributed by atoms with Crippen LogP contribution in [-0.2, 0) is 0 Å². The number of imidazole rings is 1. The number of hydrogen-bond donors (Lipinski definition) is 2. The van der Waals surface area contributed by atoms with Gasteiger partial charge in [0.2, 0.25) is 6.33 Å². The standard InChI is InChI=1S/C10H12N5/c1-7(2)3-4-11-9-8-10(13-5-12-8)15-6-14-9/h5H,1,3-4H2,2H3,(H2,11,12,13,14,15). The molecule has 2 aromatic heterocycles. The van der Waals surface area contributed by atoms with Crippen LogP contribution in [0.25, 0.3) is 11.2 Å². The van der Waals surface area contributed by atoms with Gasteiger partial charge in [0.15, 0.2) is 11.5 Å². The van der Waals surface area contributed by atoms with E-state index in [-0.39, 0.29) is 0 Å². The maximum atomic E-state index is 4.03. The van der Waals surface area contributed by atoms with Gasteiger partial charge in [-0.25, -0.2) is 15.0 Å². The lowest BCUT2D eigenvalue weighted by atomic mass is 10.2. The number of aromatic amines is 1.